The lowest BCUT2D eigenvalue weighted by Crippen LogP contribution is -2.30. The SMILES string of the molecule is COC(=O)c1ccc(Cl)cc1NC[C@@H]1CCC[C@@H]1N. The van der Waals surface area contributed by atoms with Crippen molar-refractivity contribution in [1.82, 2.24) is 0 Å². The van der Waals surface area contributed by atoms with Gasteiger partial charge in [0.25, 0.3) is 0 Å². The lowest BCUT2D eigenvalue weighted by atomic mass is 10.0. The summed E-state index contributed by atoms with van der Waals surface area (Å²) in [4.78, 5) is 11.7. The molecule has 2 atom stereocenters. The molecule has 0 spiro atoms. The minimum atomic E-state index is -0.366. The number of benzene rings is 1. The van der Waals surface area contributed by atoms with Crippen LogP contribution in [0.4, 0.5) is 5.69 Å². The first-order valence-corrected chi connectivity index (χ1v) is 6.87. The van der Waals surface area contributed by atoms with Gasteiger partial charge in [-0.1, -0.05) is 18.0 Å². The number of nitrogens with two attached hydrogens (primary N) is 1. The smallest absolute Gasteiger partial charge is 0.339 e. The summed E-state index contributed by atoms with van der Waals surface area (Å²) in [6, 6.07) is 5.34. The van der Waals surface area contributed by atoms with Crippen molar-refractivity contribution >= 4 is 23.3 Å². The van der Waals surface area contributed by atoms with E-state index < -0.39 is 0 Å². The van der Waals surface area contributed by atoms with Crippen molar-refractivity contribution in [3.05, 3.63) is 28.8 Å². The fourth-order valence-corrected chi connectivity index (χ4v) is 2.68. The summed E-state index contributed by atoms with van der Waals surface area (Å²) >= 11 is 5.97. The zero-order chi connectivity index (χ0) is 13.8. The lowest BCUT2D eigenvalue weighted by Gasteiger charge is -2.18. The molecule has 1 aliphatic rings. The highest BCUT2D eigenvalue weighted by Crippen LogP contribution is 2.26. The zero-order valence-electron chi connectivity index (χ0n) is 11.0. The lowest BCUT2D eigenvalue weighted by molar-refractivity contribution is 0.0602. The van der Waals surface area contributed by atoms with Crippen molar-refractivity contribution in [2.45, 2.75) is 25.3 Å². The van der Waals surface area contributed by atoms with E-state index in [2.05, 4.69) is 5.32 Å². The van der Waals surface area contributed by atoms with Crippen molar-refractivity contribution in [3.63, 3.8) is 0 Å². The number of anilines is 1. The fraction of sp³-hybridized carbons (Fsp3) is 0.500. The van der Waals surface area contributed by atoms with Crippen LogP contribution in [-0.4, -0.2) is 25.7 Å². The van der Waals surface area contributed by atoms with E-state index in [1.54, 1.807) is 18.2 Å². The molecule has 3 N–H and O–H groups in total. The van der Waals surface area contributed by atoms with E-state index in [-0.39, 0.29) is 12.0 Å². The first-order valence-electron chi connectivity index (χ1n) is 6.49. The number of carbonyl (C=O) groups is 1. The van der Waals surface area contributed by atoms with Gasteiger partial charge in [0.2, 0.25) is 0 Å². The van der Waals surface area contributed by atoms with Crippen LogP contribution in [0.1, 0.15) is 29.6 Å². The topological polar surface area (TPSA) is 64.3 Å². The molecule has 0 aliphatic heterocycles. The van der Waals surface area contributed by atoms with Crippen molar-refractivity contribution in [1.29, 1.82) is 0 Å². The third kappa shape index (κ3) is 3.39. The van der Waals surface area contributed by atoms with Crippen LogP contribution in [0.5, 0.6) is 0 Å². The van der Waals surface area contributed by atoms with E-state index in [1.807, 2.05) is 0 Å². The Morgan fingerprint density at radius 2 is 2.32 bits per heavy atom. The molecule has 1 saturated carbocycles. The van der Waals surface area contributed by atoms with E-state index in [9.17, 15) is 4.79 Å². The van der Waals surface area contributed by atoms with Gasteiger partial charge in [-0.25, -0.2) is 4.79 Å². The van der Waals surface area contributed by atoms with Gasteiger partial charge in [0.1, 0.15) is 0 Å². The zero-order valence-corrected chi connectivity index (χ0v) is 11.7. The number of esters is 1. The highest BCUT2D eigenvalue weighted by atomic mass is 35.5. The van der Waals surface area contributed by atoms with E-state index in [0.717, 1.165) is 19.4 Å². The Labute approximate surface area is 118 Å². The molecule has 1 fully saturated rings. The molecule has 1 aliphatic carbocycles. The number of ether oxygens (including phenoxy) is 1. The highest BCUT2D eigenvalue weighted by molar-refractivity contribution is 6.31. The molecule has 0 radical (unpaired) electrons. The second-order valence-electron chi connectivity index (χ2n) is 4.92. The first-order chi connectivity index (χ1) is 9.11. The minimum Gasteiger partial charge on any atom is -0.465 e. The van der Waals surface area contributed by atoms with Crippen molar-refractivity contribution in [2.75, 3.05) is 19.0 Å². The maximum Gasteiger partial charge on any atom is 0.339 e. The van der Waals surface area contributed by atoms with Crippen LogP contribution in [0, 0.1) is 5.92 Å². The predicted octanol–water partition coefficient (Wildman–Crippen LogP) is 2.67. The summed E-state index contributed by atoms with van der Waals surface area (Å²) in [5.74, 6) is 0.0827. The third-order valence-corrected chi connectivity index (χ3v) is 3.89. The summed E-state index contributed by atoms with van der Waals surface area (Å²) in [5.41, 5.74) is 7.24. The van der Waals surface area contributed by atoms with Crippen LogP contribution >= 0.6 is 11.6 Å². The van der Waals surface area contributed by atoms with Gasteiger partial charge in [0, 0.05) is 17.6 Å². The summed E-state index contributed by atoms with van der Waals surface area (Å²) in [6.45, 7) is 0.755. The Bertz CT molecular complexity index is 465. The number of hydrogen-bond donors (Lipinski definition) is 2. The van der Waals surface area contributed by atoms with E-state index in [4.69, 9.17) is 22.1 Å². The van der Waals surface area contributed by atoms with E-state index in [0.29, 0.717) is 22.2 Å². The van der Waals surface area contributed by atoms with Crippen LogP contribution in [0.2, 0.25) is 5.02 Å². The number of hydrogen-bond acceptors (Lipinski definition) is 4. The van der Waals surface area contributed by atoms with Crippen LogP contribution in [0.25, 0.3) is 0 Å². The average Bonchev–Trinajstić information content (AvgIpc) is 2.81. The molecule has 1 aromatic carbocycles. The maximum atomic E-state index is 11.7. The van der Waals surface area contributed by atoms with Crippen LogP contribution < -0.4 is 11.1 Å². The number of halogens is 1. The quantitative estimate of drug-likeness (QED) is 0.834. The van der Waals surface area contributed by atoms with Crippen molar-refractivity contribution < 1.29 is 9.53 Å². The van der Waals surface area contributed by atoms with Crippen molar-refractivity contribution in [3.8, 4) is 0 Å². The molecule has 19 heavy (non-hydrogen) atoms. The molecule has 0 saturated heterocycles. The molecule has 0 aromatic heterocycles. The Balaban J connectivity index is 2.09. The predicted molar refractivity (Wildman–Crippen MR) is 76.6 cm³/mol. The Hall–Kier alpha value is -1.26. The first kappa shape index (κ1) is 14.2. The summed E-state index contributed by atoms with van der Waals surface area (Å²) in [7, 11) is 1.37. The number of nitrogens with one attached hydrogen (secondary N) is 1. The number of carbonyl (C=O) groups excluding carboxylic acids is 1. The standard InChI is InChI=1S/C14H19ClN2O2/c1-19-14(18)11-6-5-10(15)7-13(11)17-8-9-3-2-4-12(9)16/h5-7,9,12,17H,2-4,8,16H2,1H3/t9-,12-/m0/s1. The Kier molecular flexibility index (Phi) is 4.66. The molecule has 5 heteroatoms. The van der Waals surface area contributed by atoms with Crippen LogP contribution in [0.15, 0.2) is 18.2 Å². The van der Waals surface area contributed by atoms with Gasteiger partial charge in [-0.2, -0.15) is 0 Å². The number of rotatable bonds is 4. The molecular formula is C14H19ClN2O2. The molecular weight excluding hydrogens is 264 g/mol. The van der Waals surface area contributed by atoms with Gasteiger partial charge in [-0.05, 0) is 37.0 Å². The van der Waals surface area contributed by atoms with Crippen LogP contribution in [-0.2, 0) is 4.74 Å². The Morgan fingerprint density at radius 1 is 1.53 bits per heavy atom. The molecule has 1 aromatic rings. The van der Waals surface area contributed by atoms with Gasteiger partial charge in [0.15, 0.2) is 0 Å². The van der Waals surface area contributed by atoms with Crippen molar-refractivity contribution in [2.24, 2.45) is 11.7 Å². The average molecular weight is 283 g/mol. The molecule has 0 heterocycles. The van der Waals surface area contributed by atoms with Gasteiger partial charge >= 0.3 is 5.97 Å². The van der Waals surface area contributed by atoms with Gasteiger partial charge in [-0.3, -0.25) is 0 Å². The van der Waals surface area contributed by atoms with Crippen LogP contribution in [0.3, 0.4) is 0 Å². The molecule has 0 bridgehead atoms. The summed E-state index contributed by atoms with van der Waals surface area (Å²) in [6.07, 6.45) is 3.38. The Morgan fingerprint density at radius 3 is 2.95 bits per heavy atom. The summed E-state index contributed by atoms with van der Waals surface area (Å²) < 4.78 is 4.76. The van der Waals surface area contributed by atoms with Gasteiger partial charge < -0.3 is 15.8 Å². The molecule has 0 unspecified atom stereocenters. The van der Waals surface area contributed by atoms with Gasteiger partial charge in [0.05, 0.1) is 18.4 Å². The maximum absolute atomic E-state index is 11.7. The second kappa shape index (κ2) is 6.26. The van der Waals surface area contributed by atoms with E-state index in [1.165, 1.54) is 13.5 Å². The number of methoxy groups -OCH3 is 1. The van der Waals surface area contributed by atoms with Gasteiger partial charge in [-0.15, -0.1) is 0 Å². The minimum absolute atomic E-state index is 0.244. The fourth-order valence-electron chi connectivity index (χ4n) is 2.51. The second-order valence-corrected chi connectivity index (χ2v) is 5.35. The van der Waals surface area contributed by atoms with E-state index >= 15 is 0 Å². The molecule has 2 rings (SSSR count). The molecule has 104 valence electrons. The molecule has 0 amide bonds. The third-order valence-electron chi connectivity index (χ3n) is 3.66. The molecule has 4 nitrogen and oxygen atoms in total. The monoisotopic (exact) mass is 282 g/mol. The normalized spacial score (nSPS) is 22.3. The summed E-state index contributed by atoms with van der Waals surface area (Å²) in [5, 5.41) is 3.87. The largest absolute Gasteiger partial charge is 0.465 e. The highest BCUT2D eigenvalue weighted by Gasteiger charge is 2.24.